The van der Waals surface area contributed by atoms with E-state index in [9.17, 15) is 0 Å². The number of hydrogen-bond acceptors (Lipinski definition) is 3. The van der Waals surface area contributed by atoms with Crippen LogP contribution in [0.5, 0.6) is 0 Å². The average Bonchev–Trinajstić information content (AvgIpc) is 2.59. The van der Waals surface area contributed by atoms with E-state index in [-0.39, 0.29) is 0 Å². The van der Waals surface area contributed by atoms with Gasteiger partial charge in [-0.1, -0.05) is 12.1 Å². The quantitative estimate of drug-likeness (QED) is 0.746. The summed E-state index contributed by atoms with van der Waals surface area (Å²) in [6, 6.07) is 5.97. The number of hydrogen-bond donors (Lipinski definition) is 0. The van der Waals surface area contributed by atoms with E-state index in [2.05, 4.69) is 4.98 Å². The number of aromatic nitrogens is 1. The first-order valence-electron chi connectivity index (χ1n) is 4.65. The van der Waals surface area contributed by atoms with Gasteiger partial charge >= 0.3 is 0 Å². The number of rotatable bonds is 3. The van der Waals surface area contributed by atoms with E-state index in [0.29, 0.717) is 6.61 Å². The van der Waals surface area contributed by atoms with E-state index < -0.39 is 0 Å². The summed E-state index contributed by atoms with van der Waals surface area (Å²) in [5, 5.41) is 0. The second-order valence-corrected chi connectivity index (χ2v) is 3.27. The highest BCUT2D eigenvalue weighted by molar-refractivity contribution is 5.75. The molecule has 2 rings (SSSR count). The van der Waals surface area contributed by atoms with E-state index >= 15 is 0 Å². The van der Waals surface area contributed by atoms with Crippen LogP contribution in [0.1, 0.15) is 11.5 Å². The van der Waals surface area contributed by atoms with Gasteiger partial charge in [0.15, 0.2) is 11.5 Å². The van der Waals surface area contributed by atoms with Crippen molar-refractivity contribution in [2.45, 2.75) is 13.3 Å². The Hall–Kier alpha value is -1.35. The Labute approximate surface area is 82.7 Å². The maximum absolute atomic E-state index is 5.61. The lowest BCUT2D eigenvalue weighted by atomic mass is 10.2. The molecular formula is C11H13NO2. The summed E-state index contributed by atoms with van der Waals surface area (Å²) in [6.45, 7) is 2.67. The first-order chi connectivity index (χ1) is 6.81. The number of nitrogens with zero attached hydrogens (tertiary/aromatic N) is 1. The van der Waals surface area contributed by atoms with Crippen LogP contribution in [0.25, 0.3) is 11.1 Å². The number of aryl methyl sites for hydroxylation is 1. The molecule has 0 bridgehead atoms. The zero-order valence-corrected chi connectivity index (χ0v) is 8.41. The lowest BCUT2D eigenvalue weighted by Crippen LogP contribution is -1.93. The largest absolute Gasteiger partial charge is 0.440 e. The third-order valence-corrected chi connectivity index (χ3v) is 2.18. The smallest absolute Gasteiger partial charge is 0.197 e. The fourth-order valence-electron chi connectivity index (χ4n) is 1.43. The van der Waals surface area contributed by atoms with Gasteiger partial charge in [-0.25, -0.2) is 4.98 Å². The van der Waals surface area contributed by atoms with Gasteiger partial charge in [-0.15, -0.1) is 0 Å². The van der Waals surface area contributed by atoms with Gasteiger partial charge in [-0.2, -0.15) is 0 Å². The molecule has 14 heavy (non-hydrogen) atoms. The summed E-state index contributed by atoms with van der Waals surface area (Å²) in [5.41, 5.74) is 2.94. The van der Waals surface area contributed by atoms with Crippen molar-refractivity contribution in [2.24, 2.45) is 0 Å². The van der Waals surface area contributed by atoms with Crippen LogP contribution in [0.3, 0.4) is 0 Å². The molecule has 0 amide bonds. The lowest BCUT2D eigenvalue weighted by Gasteiger charge is -1.92. The molecule has 0 N–H and O–H groups in total. The van der Waals surface area contributed by atoms with Crippen LogP contribution in [-0.4, -0.2) is 18.7 Å². The summed E-state index contributed by atoms with van der Waals surface area (Å²) in [6.07, 6.45) is 0.727. The molecule has 0 fully saturated rings. The Kier molecular flexibility index (Phi) is 2.50. The highest BCUT2D eigenvalue weighted by Crippen LogP contribution is 2.19. The van der Waals surface area contributed by atoms with Crippen molar-refractivity contribution in [1.82, 2.24) is 4.98 Å². The molecule has 0 atom stereocenters. The highest BCUT2D eigenvalue weighted by Gasteiger charge is 2.06. The van der Waals surface area contributed by atoms with E-state index in [0.717, 1.165) is 29.0 Å². The highest BCUT2D eigenvalue weighted by atomic mass is 16.5. The second kappa shape index (κ2) is 3.80. The minimum Gasteiger partial charge on any atom is -0.440 e. The summed E-state index contributed by atoms with van der Waals surface area (Å²) >= 11 is 0. The maximum Gasteiger partial charge on any atom is 0.197 e. The Bertz CT molecular complexity index is 434. The minimum absolute atomic E-state index is 0.645. The van der Waals surface area contributed by atoms with Crippen LogP contribution in [-0.2, 0) is 11.2 Å². The maximum atomic E-state index is 5.61. The number of methoxy groups -OCH3 is 1. The molecular weight excluding hydrogens is 178 g/mol. The van der Waals surface area contributed by atoms with Gasteiger partial charge in [0.25, 0.3) is 0 Å². The van der Waals surface area contributed by atoms with Crippen LogP contribution < -0.4 is 0 Å². The molecule has 0 unspecified atom stereocenters. The van der Waals surface area contributed by atoms with Crippen molar-refractivity contribution in [3.63, 3.8) is 0 Å². The number of ether oxygens (including phenoxy) is 1. The van der Waals surface area contributed by atoms with Crippen LogP contribution in [0.15, 0.2) is 22.6 Å². The lowest BCUT2D eigenvalue weighted by molar-refractivity contribution is 0.196. The van der Waals surface area contributed by atoms with Gasteiger partial charge in [0.05, 0.1) is 6.61 Å². The number of para-hydroxylation sites is 1. The third-order valence-electron chi connectivity index (χ3n) is 2.18. The molecule has 0 aliphatic carbocycles. The molecule has 1 aromatic heterocycles. The topological polar surface area (TPSA) is 35.3 Å². The summed E-state index contributed by atoms with van der Waals surface area (Å²) < 4.78 is 10.6. The van der Waals surface area contributed by atoms with Gasteiger partial charge in [0.2, 0.25) is 0 Å². The molecule has 0 aliphatic heterocycles. The van der Waals surface area contributed by atoms with E-state index in [1.54, 1.807) is 7.11 Å². The van der Waals surface area contributed by atoms with Crippen molar-refractivity contribution in [3.05, 3.63) is 29.7 Å². The number of fused-ring (bicyclic) bond motifs is 1. The van der Waals surface area contributed by atoms with Gasteiger partial charge in [-0.05, 0) is 18.6 Å². The molecule has 0 saturated carbocycles. The van der Waals surface area contributed by atoms with E-state index in [4.69, 9.17) is 9.15 Å². The van der Waals surface area contributed by atoms with Crippen molar-refractivity contribution in [2.75, 3.05) is 13.7 Å². The molecule has 1 aromatic carbocycles. The first kappa shape index (κ1) is 9.21. The Morgan fingerprint density at radius 1 is 1.43 bits per heavy atom. The minimum atomic E-state index is 0.645. The monoisotopic (exact) mass is 191 g/mol. The first-order valence-corrected chi connectivity index (χ1v) is 4.65. The zero-order chi connectivity index (χ0) is 9.97. The predicted molar refractivity (Wildman–Crippen MR) is 54.3 cm³/mol. The second-order valence-electron chi connectivity index (χ2n) is 3.27. The third kappa shape index (κ3) is 1.63. The molecule has 74 valence electrons. The Balaban J connectivity index is 2.36. The van der Waals surface area contributed by atoms with Gasteiger partial charge < -0.3 is 9.15 Å². The Morgan fingerprint density at radius 2 is 2.29 bits per heavy atom. The van der Waals surface area contributed by atoms with Crippen molar-refractivity contribution in [3.8, 4) is 0 Å². The van der Waals surface area contributed by atoms with Crippen LogP contribution in [0.4, 0.5) is 0 Å². The predicted octanol–water partition coefficient (Wildman–Crippen LogP) is 2.33. The van der Waals surface area contributed by atoms with Gasteiger partial charge in [-0.3, -0.25) is 0 Å². The molecule has 3 nitrogen and oxygen atoms in total. The summed E-state index contributed by atoms with van der Waals surface area (Å²) in [7, 11) is 1.67. The summed E-state index contributed by atoms with van der Waals surface area (Å²) in [5.74, 6) is 0.746. The molecule has 0 aliphatic rings. The number of benzene rings is 1. The van der Waals surface area contributed by atoms with Crippen LogP contribution >= 0.6 is 0 Å². The van der Waals surface area contributed by atoms with Crippen LogP contribution in [0.2, 0.25) is 0 Å². The molecule has 0 spiro atoms. The van der Waals surface area contributed by atoms with Crippen molar-refractivity contribution >= 4 is 11.1 Å². The number of oxazole rings is 1. The van der Waals surface area contributed by atoms with Crippen molar-refractivity contribution < 1.29 is 9.15 Å². The zero-order valence-electron chi connectivity index (χ0n) is 8.41. The van der Waals surface area contributed by atoms with Gasteiger partial charge in [0.1, 0.15) is 5.52 Å². The van der Waals surface area contributed by atoms with E-state index in [1.807, 2.05) is 25.1 Å². The van der Waals surface area contributed by atoms with Crippen LogP contribution in [0, 0.1) is 6.92 Å². The normalized spacial score (nSPS) is 11.0. The molecule has 3 heteroatoms. The molecule has 0 radical (unpaired) electrons. The molecule has 0 saturated heterocycles. The Morgan fingerprint density at radius 3 is 3.00 bits per heavy atom. The average molecular weight is 191 g/mol. The summed E-state index contributed by atoms with van der Waals surface area (Å²) in [4.78, 5) is 4.36. The van der Waals surface area contributed by atoms with Gasteiger partial charge in [0, 0.05) is 13.5 Å². The molecule has 1 heterocycles. The van der Waals surface area contributed by atoms with E-state index in [1.165, 1.54) is 0 Å². The molecule has 2 aromatic rings. The standard InChI is InChI=1S/C11H13NO2/c1-8-4-3-5-9-11(8)14-10(12-9)6-7-13-2/h3-5H,6-7H2,1-2H3. The SMILES string of the molecule is COCCc1nc2cccc(C)c2o1. The van der Waals surface area contributed by atoms with Crippen molar-refractivity contribution in [1.29, 1.82) is 0 Å². The fourth-order valence-corrected chi connectivity index (χ4v) is 1.43. The fraction of sp³-hybridized carbons (Fsp3) is 0.364.